The third-order valence-corrected chi connectivity index (χ3v) is 19.1. The van der Waals surface area contributed by atoms with Crippen LogP contribution in [-0.4, -0.2) is 128 Å². The number of ketones is 4. The zero-order valence-electron chi connectivity index (χ0n) is 53.6. The molecule has 6 aromatic rings. The molecule has 2 fully saturated rings. The standard InChI is InChI=1S/2C34H43N3O9S/c2*1-20(2)15-25(32(40)36-29(34(42)47(43,44)45)18-24-10-5-7-14-30(24)38)19-31(39)27(35-33(41)28-16-21(3)46-37-28)17-23-12-8-11-22-9-4-6-13-26(22)23/h2*4,6,8-9,11-13,16,20,24-25,27,29,34,42H,5,7,10,14-15,17-19H2,1-3H3,(H,35,41)(H,36,40)(H,43,44,45)/p-2/t2*24-,25+,27-,29-,34?/m00/s1. The van der Waals surface area contributed by atoms with Crippen molar-refractivity contribution in [3.8, 4) is 0 Å². The number of carbonyl (C=O) groups is 8. The number of nitrogens with zero attached hydrogens (tertiary/aromatic N) is 2. The monoisotopic (exact) mass is 1340 g/mol. The summed E-state index contributed by atoms with van der Waals surface area (Å²) in [7, 11) is -10.5. The van der Waals surface area contributed by atoms with Crippen LogP contribution < -0.4 is 21.3 Å². The van der Waals surface area contributed by atoms with Gasteiger partial charge >= 0.3 is 0 Å². The first-order chi connectivity index (χ1) is 44.4. The first-order valence-corrected chi connectivity index (χ1v) is 34.8. The summed E-state index contributed by atoms with van der Waals surface area (Å²) in [6.07, 6.45) is 3.89. The van der Waals surface area contributed by atoms with E-state index in [1.54, 1.807) is 13.8 Å². The van der Waals surface area contributed by atoms with Crippen LogP contribution >= 0.6 is 0 Å². The van der Waals surface area contributed by atoms with Crippen LogP contribution in [0.5, 0.6) is 0 Å². The first kappa shape index (κ1) is 73.5. The summed E-state index contributed by atoms with van der Waals surface area (Å²) in [4.78, 5) is 107. The van der Waals surface area contributed by atoms with Crippen molar-refractivity contribution in [1.29, 1.82) is 0 Å². The maximum absolute atomic E-state index is 14.0. The van der Waals surface area contributed by atoms with Gasteiger partial charge in [-0.05, 0) is 110 Å². The Labute approximate surface area is 547 Å². The maximum atomic E-state index is 14.0. The van der Waals surface area contributed by atoms with E-state index in [-0.39, 0.29) is 86.2 Å². The van der Waals surface area contributed by atoms with Crippen LogP contribution in [0.15, 0.2) is 106 Å². The molecule has 2 heterocycles. The predicted molar refractivity (Wildman–Crippen MR) is 344 cm³/mol. The Morgan fingerprint density at radius 3 is 1.23 bits per heavy atom. The molecule has 24 nitrogen and oxygen atoms in total. The molecule has 0 aliphatic heterocycles. The number of aliphatic hydroxyl groups is 2. The van der Waals surface area contributed by atoms with Gasteiger partial charge in [0.25, 0.3) is 11.8 Å². The second-order valence-corrected chi connectivity index (χ2v) is 28.6. The van der Waals surface area contributed by atoms with Gasteiger partial charge in [0.1, 0.15) is 43.3 Å². The van der Waals surface area contributed by atoms with Gasteiger partial charge in [0.05, 0.1) is 24.2 Å². The minimum atomic E-state index is -5.24. The van der Waals surface area contributed by atoms with Gasteiger partial charge in [-0.2, -0.15) is 0 Å². The third kappa shape index (κ3) is 21.1. The van der Waals surface area contributed by atoms with Gasteiger partial charge in [-0.3, -0.25) is 38.4 Å². The molecular weight excluding hydrogens is 1250 g/mol. The summed E-state index contributed by atoms with van der Waals surface area (Å²) >= 11 is 0. The van der Waals surface area contributed by atoms with Gasteiger partial charge in [0.15, 0.2) is 33.8 Å². The Hall–Kier alpha value is -7.88. The van der Waals surface area contributed by atoms with Crippen molar-refractivity contribution in [2.45, 2.75) is 179 Å². The van der Waals surface area contributed by atoms with Crippen molar-refractivity contribution in [1.82, 2.24) is 31.6 Å². The molecule has 2 saturated carbocycles. The lowest BCUT2D eigenvalue weighted by atomic mass is 9.83. The zero-order chi connectivity index (χ0) is 68.6. The van der Waals surface area contributed by atoms with E-state index in [1.165, 1.54) is 12.1 Å². The number of benzene rings is 4. The van der Waals surface area contributed by atoms with E-state index in [9.17, 15) is 74.5 Å². The SMILES string of the molecule is Cc1cc(C(=O)N[C@@H](Cc2cccc3ccccc23)C(=O)C[C@@H](CC(C)C)C(=O)N[C@@H](C[C@@H]2CCCCC2=O)C(O)S(=O)(=O)[O-])no1.Cc1cc(C(=O)N[C@@H](Cc2cccc3ccccc23)C(=O)C[C@@H](CC(C)C)C(=O)N[C@@H](C[C@@H]2CCCCC2=O)C(O)S(=O)(=O)[O-])no1. The summed E-state index contributed by atoms with van der Waals surface area (Å²) in [5.74, 6) is -6.41. The molecule has 0 radical (unpaired) electrons. The molecule has 2 aliphatic rings. The Balaban J connectivity index is 0.000000266. The topological polar surface area (TPSA) is 392 Å². The zero-order valence-corrected chi connectivity index (χ0v) is 55.2. The van der Waals surface area contributed by atoms with E-state index < -0.39 is 114 Å². The van der Waals surface area contributed by atoms with E-state index in [1.807, 2.05) is 113 Å². The van der Waals surface area contributed by atoms with Gasteiger partial charge in [0, 0.05) is 74.3 Å². The number of Topliss-reactive ketones (excluding diaryl/α,β-unsaturated/α-hetero) is 4. The Morgan fingerprint density at radius 2 is 0.904 bits per heavy atom. The molecule has 8 rings (SSSR count). The van der Waals surface area contributed by atoms with Crippen LogP contribution in [0.25, 0.3) is 21.5 Å². The Kier molecular flexibility index (Phi) is 26.2. The van der Waals surface area contributed by atoms with Gasteiger partial charge in [0.2, 0.25) is 11.8 Å². The predicted octanol–water partition coefficient (Wildman–Crippen LogP) is 7.19. The molecule has 0 saturated heterocycles. The minimum absolute atomic E-state index is 0.0115. The molecule has 94 heavy (non-hydrogen) atoms. The molecule has 2 aromatic heterocycles. The second kappa shape index (κ2) is 33.5. The molecule has 2 unspecified atom stereocenters. The van der Waals surface area contributed by atoms with Crippen LogP contribution in [0.3, 0.4) is 0 Å². The van der Waals surface area contributed by atoms with E-state index in [4.69, 9.17) is 9.05 Å². The molecule has 6 N–H and O–H groups in total. The number of aromatic nitrogens is 2. The fraction of sp³-hybridized carbons (Fsp3) is 0.500. The van der Waals surface area contributed by atoms with E-state index in [0.717, 1.165) is 45.5 Å². The summed E-state index contributed by atoms with van der Waals surface area (Å²) in [5.41, 5.74) is -3.38. The molecule has 4 amide bonds. The van der Waals surface area contributed by atoms with Crippen molar-refractivity contribution >= 4 is 88.5 Å². The number of aryl methyl sites for hydroxylation is 2. The van der Waals surface area contributed by atoms with Gasteiger partial charge in [-0.1, -0.05) is 136 Å². The lowest BCUT2D eigenvalue weighted by molar-refractivity contribution is -0.132. The highest BCUT2D eigenvalue weighted by Gasteiger charge is 2.39. The number of nitrogens with one attached hydrogen (secondary N) is 4. The number of carbonyl (C=O) groups excluding carboxylic acids is 8. The Bertz CT molecular complexity index is 3640. The number of aliphatic hydroxyl groups excluding tert-OH is 2. The maximum Gasteiger partial charge on any atom is 0.274 e. The summed E-state index contributed by atoms with van der Waals surface area (Å²) in [5, 5.41) is 42.6. The fourth-order valence-corrected chi connectivity index (χ4v) is 13.6. The highest BCUT2D eigenvalue weighted by Crippen LogP contribution is 2.31. The minimum Gasteiger partial charge on any atom is -0.746 e. The van der Waals surface area contributed by atoms with Crippen LogP contribution in [0, 0.1) is 49.4 Å². The summed E-state index contributed by atoms with van der Waals surface area (Å²) in [6, 6.07) is 24.2. The van der Waals surface area contributed by atoms with Crippen molar-refractivity contribution in [2.24, 2.45) is 35.5 Å². The van der Waals surface area contributed by atoms with Crippen molar-refractivity contribution in [3.63, 3.8) is 0 Å². The average molecular weight is 1340 g/mol. The lowest BCUT2D eigenvalue weighted by Crippen LogP contribution is -2.51. The highest BCUT2D eigenvalue weighted by atomic mass is 32.2. The highest BCUT2D eigenvalue weighted by molar-refractivity contribution is 7.86. The second-order valence-electron chi connectivity index (χ2n) is 25.7. The molecule has 2 aliphatic carbocycles. The van der Waals surface area contributed by atoms with Crippen LogP contribution in [-0.2, 0) is 61.8 Å². The van der Waals surface area contributed by atoms with Crippen LogP contribution in [0.2, 0.25) is 0 Å². The quantitative estimate of drug-likeness (QED) is 0.0243. The smallest absolute Gasteiger partial charge is 0.274 e. The lowest BCUT2D eigenvalue weighted by Gasteiger charge is -2.32. The average Bonchev–Trinajstić information content (AvgIpc) is 0.975. The largest absolute Gasteiger partial charge is 0.746 e. The molecule has 0 bridgehead atoms. The van der Waals surface area contributed by atoms with Gasteiger partial charge < -0.3 is 49.6 Å². The number of amides is 4. The summed E-state index contributed by atoms with van der Waals surface area (Å²) < 4.78 is 81.1. The molecule has 508 valence electrons. The molecule has 10 atom stereocenters. The molecule has 0 spiro atoms. The van der Waals surface area contributed by atoms with Crippen molar-refractivity contribution in [2.75, 3.05) is 0 Å². The molecule has 4 aromatic carbocycles. The van der Waals surface area contributed by atoms with Gasteiger partial charge in [-0.25, -0.2) is 16.8 Å². The van der Waals surface area contributed by atoms with Crippen LogP contribution in [0.4, 0.5) is 0 Å². The number of hydrogen-bond donors (Lipinski definition) is 6. The van der Waals surface area contributed by atoms with Crippen LogP contribution in [0.1, 0.15) is 161 Å². The third-order valence-electron chi connectivity index (χ3n) is 17.2. The fourth-order valence-electron chi connectivity index (χ4n) is 12.5. The van der Waals surface area contributed by atoms with E-state index in [0.29, 0.717) is 50.0 Å². The van der Waals surface area contributed by atoms with Crippen molar-refractivity contribution in [3.05, 3.63) is 131 Å². The summed E-state index contributed by atoms with van der Waals surface area (Å²) in [6.45, 7) is 10.7. The van der Waals surface area contributed by atoms with E-state index in [2.05, 4.69) is 31.6 Å². The van der Waals surface area contributed by atoms with E-state index >= 15 is 0 Å². The molecular formula is C68H84N6O18S2-2. The van der Waals surface area contributed by atoms with Crippen molar-refractivity contribution < 1.29 is 83.6 Å². The number of rotatable bonds is 30. The number of hydrogen-bond acceptors (Lipinski definition) is 20. The first-order valence-electron chi connectivity index (χ1n) is 31.8. The number of fused-ring (bicyclic) bond motifs is 2. The molecule has 26 heteroatoms. The Morgan fingerprint density at radius 1 is 0.543 bits per heavy atom. The normalized spacial score (nSPS) is 18.0. The van der Waals surface area contributed by atoms with Gasteiger partial charge in [-0.15, -0.1) is 0 Å².